The third kappa shape index (κ3) is 3.75. The van der Waals surface area contributed by atoms with E-state index >= 15 is 0 Å². The van der Waals surface area contributed by atoms with Crippen LogP contribution < -0.4 is 10.2 Å². The average molecular weight is 430 g/mol. The number of hydrogen-bond donors (Lipinski definition) is 1. The van der Waals surface area contributed by atoms with Crippen molar-refractivity contribution in [3.63, 3.8) is 0 Å². The molecule has 2 amide bonds. The minimum absolute atomic E-state index is 0.153. The van der Waals surface area contributed by atoms with Gasteiger partial charge in [-0.1, -0.05) is 0 Å². The molecule has 2 fully saturated rings. The predicted molar refractivity (Wildman–Crippen MR) is 95.9 cm³/mol. The fourth-order valence-electron chi connectivity index (χ4n) is 3.96. The van der Waals surface area contributed by atoms with Crippen LogP contribution in [0.5, 0.6) is 0 Å². The molecule has 2 aliphatic rings. The number of aromatic nitrogens is 1. The van der Waals surface area contributed by atoms with Gasteiger partial charge in [-0.2, -0.15) is 26.3 Å². The van der Waals surface area contributed by atoms with Gasteiger partial charge in [-0.3, -0.25) is 0 Å². The number of fused-ring (bicyclic) bond motifs is 2. The van der Waals surface area contributed by atoms with Gasteiger partial charge in [-0.05, 0) is 42.8 Å². The Morgan fingerprint density at radius 1 is 0.967 bits per heavy atom. The molecule has 0 unspecified atom stereocenters. The minimum atomic E-state index is -4.54. The number of piperazine rings is 1. The van der Waals surface area contributed by atoms with Crippen LogP contribution in [0.4, 0.5) is 42.6 Å². The topological polar surface area (TPSA) is 48.5 Å². The summed E-state index contributed by atoms with van der Waals surface area (Å²) in [5, 5.41) is 2.54. The summed E-state index contributed by atoms with van der Waals surface area (Å²) < 4.78 is 77.7. The number of likely N-dealkylation sites (tertiary alicyclic amines) is 1. The lowest BCUT2D eigenvalue weighted by molar-refractivity contribution is -0.138. The summed E-state index contributed by atoms with van der Waals surface area (Å²) in [6, 6.07) is 5.13. The number of urea groups is 1. The standard InChI is InChI=1S/C19H16F6N4O/c20-18(21,22)11-3-5-12(6-4-11)27-17(30)29-10-13-8-14(29)9-28(13)16-15(19(23,24)25)2-1-7-26-16/h1-7,13-14H,8-10H2,(H,27,30)/t13-,14-/m1/s1. The Kier molecular flexibility index (Phi) is 4.78. The molecule has 4 rings (SSSR count). The van der Waals surface area contributed by atoms with E-state index in [1.165, 1.54) is 17.2 Å². The smallest absolute Gasteiger partial charge is 0.349 e. The molecule has 2 saturated heterocycles. The molecule has 1 aromatic heterocycles. The molecule has 30 heavy (non-hydrogen) atoms. The Hall–Kier alpha value is -2.98. The largest absolute Gasteiger partial charge is 0.419 e. The number of hydrogen-bond acceptors (Lipinski definition) is 3. The molecule has 5 nitrogen and oxygen atoms in total. The van der Waals surface area contributed by atoms with Crippen LogP contribution in [0.1, 0.15) is 17.5 Å². The average Bonchev–Trinajstić information content (AvgIpc) is 3.28. The fourth-order valence-corrected chi connectivity index (χ4v) is 3.96. The van der Waals surface area contributed by atoms with E-state index in [2.05, 4.69) is 10.3 Å². The molecular formula is C19H16F6N4O. The summed E-state index contributed by atoms with van der Waals surface area (Å²) in [5.74, 6) is -0.153. The number of amides is 2. The monoisotopic (exact) mass is 430 g/mol. The predicted octanol–water partition coefficient (Wildman–Crippen LogP) is 4.61. The highest BCUT2D eigenvalue weighted by Crippen LogP contribution is 2.40. The Labute approximate surface area is 167 Å². The first kappa shape index (κ1) is 20.3. The van der Waals surface area contributed by atoms with Gasteiger partial charge in [0.1, 0.15) is 5.82 Å². The molecule has 1 aromatic carbocycles. The van der Waals surface area contributed by atoms with Gasteiger partial charge >= 0.3 is 18.4 Å². The van der Waals surface area contributed by atoms with Crippen molar-refractivity contribution in [1.82, 2.24) is 9.88 Å². The van der Waals surface area contributed by atoms with Crippen LogP contribution in [0.15, 0.2) is 42.6 Å². The number of pyridine rings is 1. The fraction of sp³-hybridized carbons (Fsp3) is 0.368. The van der Waals surface area contributed by atoms with Crippen molar-refractivity contribution < 1.29 is 31.1 Å². The van der Waals surface area contributed by atoms with Crippen LogP contribution >= 0.6 is 0 Å². The molecule has 2 aliphatic heterocycles. The summed E-state index contributed by atoms with van der Waals surface area (Å²) in [7, 11) is 0. The first-order valence-electron chi connectivity index (χ1n) is 9.08. The van der Waals surface area contributed by atoms with Crippen molar-refractivity contribution in [3.05, 3.63) is 53.7 Å². The highest BCUT2D eigenvalue weighted by molar-refractivity contribution is 5.90. The Morgan fingerprint density at radius 2 is 1.67 bits per heavy atom. The van der Waals surface area contributed by atoms with E-state index in [0.29, 0.717) is 6.42 Å². The second-order valence-electron chi connectivity index (χ2n) is 7.23. The van der Waals surface area contributed by atoms with Crippen molar-refractivity contribution in [3.8, 4) is 0 Å². The van der Waals surface area contributed by atoms with E-state index in [0.717, 1.165) is 30.3 Å². The lowest BCUT2D eigenvalue weighted by Crippen LogP contribution is -2.50. The zero-order valence-corrected chi connectivity index (χ0v) is 15.3. The normalized spacial score (nSPS) is 21.3. The number of benzene rings is 1. The Balaban J connectivity index is 1.43. The number of anilines is 2. The van der Waals surface area contributed by atoms with Gasteiger partial charge < -0.3 is 15.1 Å². The lowest BCUT2D eigenvalue weighted by Gasteiger charge is -2.35. The molecule has 160 valence electrons. The van der Waals surface area contributed by atoms with E-state index in [1.54, 1.807) is 4.90 Å². The third-order valence-electron chi connectivity index (χ3n) is 5.33. The van der Waals surface area contributed by atoms with Gasteiger partial charge in [0.2, 0.25) is 0 Å². The van der Waals surface area contributed by atoms with Crippen molar-refractivity contribution in [2.75, 3.05) is 23.3 Å². The molecule has 0 saturated carbocycles. The summed E-state index contributed by atoms with van der Waals surface area (Å²) in [5.41, 5.74) is -1.44. The maximum absolute atomic E-state index is 13.3. The van der Waals surface area contributed by atoms with E-state index in [4.69, 9.17) is 0 Å². The molecule has 2 bridgehead atoms. The van der Waals surface area contributed by atoms with Gasteiger partial charge in [-0.15, -0.1) is 0 Å². The number of halogens is 6. The second-order valence-corrected chi connectivity index (χ2v) is 7.23. The summed E-state index contributed by atoms with van der Waals surface area (Å²) in [4.78, 5) is 19.5. The van der Waals surface area contributed by atoms with Crippen LogP contribution in [0.3, 0.4) is 0 Å². The highest BCUT2D eigenvalue weighted by Gasteiger charge is 2.48. The van der Waals surface area contributed by atoms with Gasteiger partial charge in [0.05, 0.1) is 23.2 Å². The van der Waals surface area contributed by atoms with Gasteiger partial charge in [-0.25, -0.2) is 9.78 Å². The zero-order chi connectivity index (χ0) is 21.7. The van der Waals surface area contributed by atoms with Crippen molar-refractivity contribution >= 4 is 17.5 Å². The molecule has 3 heterocycles. The van der Waals surface area contributed by atoms with Crippen LogP contribution in [-0.2, 0) is 12.4 Å². The number of carbonyl (C=O) groups excluding carboxylic acids is 1. The molecule has 2 aromatic rings. The number of rotatable bonds is 2. The van der Waals surface area contributed by atoms with Crippen LogP contribution in [0.25, 0.3) is 0 Å². The lowest BCUT2D eigenvalue weighted by atomic mass is 10.2. The Morgan fingerprint density at radius 3 is 2.23 bits per heavy atom. The zero-order valence-electron chi connectivity index (χ0n) is 15.3. The van der Waals surface area contributed by atoms with E-state index < -0.39 is 29.5 Å². The van der Waals surface area contributed by atoms with Gasteiger partial charge in [0.25, 0.3) is 0 Å². The van der Waals surface area contributed by atoms with E-state index in [9.17, 15) is 31.1 Å². The minimum Gasteiger partial charge on any atom is -0.349 e. The summed E-state index contributed by atoms with van der Waals surface area (Å²) in [6.45, 7) is 0.399. The number of nitrogens with one attached hydrogen (secondary N) is 1. The number of alkyl halides is 6. The van der Waals surface area contributed by atoms with E-state index in [-0.39, 0.29) is 36.7 Å². The molecule has 0 radical (unpaired) electrons. The SMILES string of the molecule is O=C(Nc1ccc(C(F)(F)F)cc1)N1C[C@H]2C[C@@H]1CN2c1ncccc1C(F)(F)F. The van der Waals surface area contributed by atoms with Crippen molar-refractivity contribution in [2.24, 2.45) is 0 Å². The molecule has 0 aliphatic carbocycles. The molecule has 2 atom stereocenters. The number of nitrogens with zero attached hydrogens (tertiary/aromatic N) is 3. The molecule has 11 heteroatoms. The maximum atomic E-state index is 13.3. The Bertz CT molecular complexity index is 943. The van der Waals surface area contributed by atoms with Crippen LogP contribution in [-0.4, -0.2) is 41.1 Å². The molecule has 1 N–H and O–H groups in total. The summed E-state index contributed by atoms with van der Waals surface area (Å²) >= 11 is 0. The molecular weight excluding hydrogens is 414 g/mol. The van der Waals surface area contributed by atoms with Gasteiger partial charge in [0.15, 0.2) is 0 Å². The van der Waals surface area contributed by atoms with E-state index in [1.807, 2.05) is 0 Å². The number of carbonyl (C=O) groups is 1. The quantitative estimate of drug-likeness (QED) is 0.708. The van der Waals surface area contributed by atoms with Crippen molar-refractivity contribution in [2.45, 2.75) is 30.9 Å². The second kappa shape index (κ2) is 7.06. The molecule has 0 spiro atoms. The van der Waals surface area contributed by atoms with Crippen LogP contribution in [0.2, 0.25) is 0 Å². The third-order valence-corrected chi connectivity index (χ3v) is 5.33. The van der Waals surface area contributed by atoms with Crippen molar-refractivity contribution in [1.29, 1.82) is 0 Å². The van der Waals surface area contributed by atoms with Gasteiger partial charge in [0, 0.05) is 25.0 Å². The first-order chi connectivity index (χ1) is 14.0. The highest BCUT2D eigenvalue weighted by atomic mass is 19.4. The van der Waals surface area contributed by atoms with Crippen LogP contribution in [0, 0.1) is 0 Å². The maximum Gasteiger partial charge on any atom is 0.419 e. The first-order valence-corrected chi connectivity index (χ1v) is 9.08. The summed E-state index contributed by atoms with van der Waals surface area (Å²) in [6.07, 6.45) is -7.22.